The third-order valence-corrected chi connectivity index (χ3v) is 3.55. The van der Waals surface area contributed by atoms with E-state index in [0.717, 1.165) is 18.5 Å². The number of halogens is 1. The number of rotatable bonds is 6. The van der Waals surface area contributed by atoms with Crippen LogP contribution in [0.2, 0.25) is 0 Å². The molecule has 0 atom stereocenters. The fourth-order valence-corrected chi connectivity index (χ4v) is 2.42. The van der Waals surface area contributed by atoms with Crippen LogP contribution in [0.1, 0.15) is 37.7 Å². The Morgan fingerprint density at radius 2 is 2.20 bits per heavy atom. The van der Waals surface area contributed by atoms with Crippen LogP contribution in [0.25, 0.3) is 0 Å². The van der Waals surface area contributed by atoms with Gasteiger partial charge < -0.3 is 5.32 Å². The largest absolute Gasteiger partial charge is 0.312 e. The van der Waals surface area contributed by atoms with Crippen molar-refractivity contribution in [3.63, 3.8) is 0 Å². The summed E-state index contributed by atoms with van der Waals surface area (Å²) in [4.78, 5) is 9.81. The summed E-state index contributed by atoms with van der Waals surface area (Å²) in [6.45, 7) is 1.38. The van der Waals surface area contributed by atoms with Crippen LogP contribution in [-0.2, 0) is 6.54 Å². The van der Waals surface area contributed by atoms with Crippen LogP contribution in [0.4, 0.5) is 10.1 Å². The molecular weight excluding hydrogens is 259 g/mol. The lowest BCUT2D eigenvalue weighted by molar-refractivity contribution is -0.387. The molecule has 0 bridgehead atoms. The molecule has 0 amide bonds. The summed E-state index contributed by atoms with van der Waals surface area (Å²) >= 11 is 0. The zero-order valence-electron chi connectivity index (χ0n) is 11.4. The van der Waals surface area contributed by atoms with Gasteiger partial charge in [-0.3, -0.25) is 10.1 Å². The van der Waals surface area contributed by atoms with Crippen molar-refractivity contribution in [2.45, 2.75) is 38.6 Å². The van der Waals surface area contributed by atoms with E-state index in [9.17, 15) is 14.5 Å². The first-order chi connectivity index (χ1) is 9.66. The highest BCUT2D eigenvalue weighted by Gasteiger charge is 2.13. The van der Waals surface area contributed by atoms with Gasteiger partial charge in [0.2, 0.25) is 5.82 Å². The van der Waals surface area contributed by atoms with Gasteiger partial charge in [-0.2, -0.15) is 4.39 Å². The molecule has 4 nitrogen and oxygen atoms in total. The van der Waals surface area contributed by atoms with Crippen LogP contribution < -0.4 is 5.32 Å². The molecule has 0 heterocycles. The molecular formula is C15H19FN2O2. The fraction of sp³-hybridized carbons (Fsp3) is 0.467. The normalized spacial score (nSPS) is 14.9. The van der Waals surface area contributed by atoms with Crippen molar-refractivity contribution in [1.29, 1.82) is 0 Å². The summed E-state index contributed by atoms with van der Waals surface area (Å²) in [7, 11) is 0. The minimum Gasteiger partial charge on any atom is -0.312 e. The Hall–Kier alpha value is -1.75. The molecule has 1 aliphatic carbocycles. The summed E-state index contributed by atoms with van der Waals surface area (Å²) in [5.74, 6) is -0.774. The lowest BCUT2D eigenvalue weighted by atomic mass is 9.97. The van der Waals surface area contributed by atoms with Crippen molar-refractivity contribution in [2.24, 2.45) is 0 Å². The highest BCUT2D eigenvalue weighted by Crippen LogP contribution is 2.20. The van der Waals surface area contributed by atoms with E-state index in [2.05, 4.69) is 11.4 Å². The SMILES string of the molecule is O=[N+]([O-])c1ccc(CNCCC2=CCCCC2)cc1F. The van der Waals surface area contributed by atoms with Crippen molar-refractivity contribution < 1.29 is 9.31 Å². The Balaban J connectivity index is 1.78. The number of nitro groups is 1. The molecule has 1 N–H and O–H groups in total. The second-order valence-corrected chi connectivity index (χ2v) is 5.08. The molecule has 20 heavy (non-hydrogen) atoms. The maximum absolute atomic E-state index is 13.4. The molecule has 1 aromatic carbocycles. The molecule has 0 spiro atoms. The van der Waals surface area contributed by atoms with Crippen LogP contribution >= 0.6 is 0 Å². The Morgan fingerprint density at radius 3 is 2.85 bits per heavy atom. The Morgan fingerprint density at radius 1 is 1.35 bits per heavy atom. The van der Waals surface area contributed by atoms with E-state index in [4.69, 9.17) is 0 Å². The van der Waals surface area contributed by atoms with Crippen LogP contribution in [0.15, 0.2) is 29.8 Å². The molecule has 0 unspecified atom stereocenters. The van der Waals surface area contributed by atoms with E-state index >= 15 is 0 Å². The monoisotopic (exact) mass is 278 g/mol. The van der Waals surface area contributed by atoms with Gasteiger partial charge in [-0.25, -0.2) is 0 Å². The van der Waals surface area contributed by atoms with E-state index in [0.29, 0.717) is 6.54 Å². The average Bonchev–Trinajstić information content (AvgIpc) is 2.44. The highest BCUT2D eigenvalue weighted by molar-refractivity contribution is 5.34. The van der Waals surface area contributed by atoms with Gasteiger partial charge >= 0.3 is 5.69 Å². The van der Waals surface area contributed by atoms with E-state index < -0.39 is 16.4 Å². The summed E-state index contributed by atoms with van der Waals surface area (Å²) in [5.41, 5.74) is 1.76. The molecule has 2 rings (SSSR count). The first-order valence-electron chi connectivity index (χ1n) is 6.98. The number of nitrogens with one attached hydrogen (secondary N) is 1. The van der Waals surface area contributed by atoms with Crippen molar-refractivity contribution >= 4 is 5.69 Å². The molecule has 1 aliphatic rings. The molecule has 0 radical (unpaired) electrons. The van der Waals surface area contributed by atoms with Gasteiger partial charge in [0, 0.05) is 12.6 Å². The predicted molar refractivity (Wildman–Crippen MR) is 75.9 cm³/mol. The van der Waals surface area contributed by atoms with Gasteiger partial charge in [0.15, 0.2) is 0 Å². The van der Waals surface area contributed by atoms with Gasteiger partial charge in [-0.05, 0) is 50.3 Å². The smallest absolute Gasteiger partial charge is 0.304 e. The second-order valence-electron chi connectivity index (χ2n) is 5.08. The van der Waals surface area contributed by atoms with Crippen molar-refractivity contribution in [3.05, 3.63) is 51.3 Å². The van der Waals surface area contributed by atoms with Crippen molar-refractivity contribution in [1.82, 2.24) is 5.32 Å². The fourth-order valence-electron chi connectivity index (χ4n) is 2.42. The lowest BCUT2D eigenvalue weighted by Gasteiger charge is -2.13. The molecule has 5 heteroatoms. The molecule has 1 aromatic rings. The average molecular weight is 278 g/mol. The molecule has 0 saturated carbocycles. The Bertz CT molecular complexity index is 515. The maximum Gasteiger partial charge on any atom is 0.304 e. The zero-order valence-corrected chi connectivity index (χ0v) is 11.4. The van der Waals surface area contributed by atoms with Gasteiger partial charge in [-0.1, -0.05) is 17.7 Å². The summed E-state index contributed by atoms with van der Waals surface area (Å²) in [6, 6.07) is 4.04. The van der Waals surface area contributed by atoms with E-state index in [1.807, 2.05) is 0 Å². The molecule has 0 saturated heterocycles. The van der Waals surface area contributed by atoms with Gasteiger partial charge in [-0.15, -0.1) is 0 Å². The minimum atomic E-state index is -0.774. The first-order valence-corrected chi connectivity index (χ1v) is 6.98. The maximum atomic E-state index is 13.4. The number of hydrogen-bond donors (Lipinski definition) is 1. The molecule has 0 aliphatic heterocycles. The molecule has 0 aromatic heterocycles. The van der Waals surface area contributed by atoms with E-state index in [1.165, 1.54) is 43.4 Å². The molecule has 108 valence electrons. The van der Waals surface area contributed by atoms with Crippen molar-refractivity contribution in [2.75, 3.05) is 6.54 Å². The van der Waals surface area contributed by atoms with E-state index in [-0.39, 0.29) is 0 Å². The Kier molecular flexibility index (Phi) is 5.24. The molecule has 0 fully saturated rings. The number of allylic oxidation sites excluding steroid dienone is 1. The van der Waals surface area contributed by atoms with Crippen LogP contribution in [-0.4, -0.2) is 11.5 Å². The van der Waals surface area contributed by atoms with Crippen LogP contribution in [0, 0.1) is 15.9 Å². The van der Waals surface area contributed by atoms with Crippen LogP contribution in [0.3, 0.4) is 0 Å². The lowest BCUT2D eigenvalue weighted by Crippen LogP contribution is -2.15. The van der Waals surface area contributed by atoms with Gasteiger partial charge in [0.05, 0.1) is 4.92 Å². The number of nitrogens with zero attached hydrogens (tertiary/aromatic N) is 1. The first kappa shape index (κ1) is 14.7. The van der Waals surface area contributed by atoms with Crippen molar-refractivity contribution in [3.8, 4) is 0 Å². The number of hydrogen-bond acceptors (Lipinski definition) is 3. The summed E-state index contributed by atoms with van der Waals surface area (Å²) in [5, 5.41) is 13.8. The number of benzene rings is 1. The van der Waals surface area contributed by atoms with Gasteiger partial charge in [0.1, 0.15) is 0 Å². The number of nitro benzene ring substituents is 1. The quantitative estimate of drug-likeness (QED) is 0.373. The third-order valence-electron chi connectivity index (χ3n) is 3.55. The summed E-state index contributed by atoms with van der Waals surface area (Å²) in [6.07, 6.45) is 8.28. The topological polar surface area (TPSA) is 55.2 Å². The second kappa shape index (κ2) is 7.14. The predicted octanol–water partition coefficient (Wildman–Crippen LogP) is 3.71. The Labute approximate surface area is 117 Å². The standard InChI is InChI=1S/C15H19FN2O2/c16-14-10-13(6-7-15(14)18(19)20)11-17-9-8-12-4-2-1-3-5-12/h4,6-7,10,17H,1-3,5,8-9,11H2. The minimum absolute atomic E-state index is 0.471. The zero-order chi connectivity index (χ0) is 14.4. The third kappa shape index (κ3) is 4.13. The van der Waals surface area contributed by atoms with Gasteiger partial charge in [0.25, 0.3) is 0 Å². The van der Waals surface area contributed by atoms with E-state index in [1.54, 1.807) is 6.07 Å². The summed E-state index contributed by atoms with van der Waals surface area (Å²) < 4.78 is 13.4. The van der Waals surface area contributed by atoms with Crippen LogP contribution in [0.5, 0.6) is 0 Å². The highest BCUT2D eigenvalue weighted by atomic mass is 19.1.